The fourth-order valence-electron chi connectivity index (χ4n) is 2.06. The van der Waals surface area contributed by atoms with Crippen LogP contribution in [0.5, 0.6) is 5.75 Å². The van der Waals surface area contributed by atoms with E-state index in [1.54, 1.807) is 12.4 Å². The van der Waals surface area contributed by atoms with E-state index in [0.29, 0.717) is 19.0 Å². The number of anilines is 1. The second-order valence-electron chi connectivity index (χ2n) is 4.62. The summed E-state index contributed by atoms with van der Waals surface area (Å²) in [7, 11) is 0. The summed E-state index contributed by atoms with van der Waals surface area (Å²) in [6.07, 6.45) is 3.40. The molecule has 0 unspecified atom stereocenters. The number of nitrogens with one attached hydrogen (secondary N) is 1. The molecule has 0 radical (unpaired) electrons. The van der Waals surface area contributed by atoms with E-state index in [4.69, 9.17) is 14.3 Å². The molecule has 1 aliphatic rings. The quantitative estimate of drug-likeness (QED) is 0.867. The van der Waals surface area contributed by atoms with Gasteiger partial charge in [-0.05, 0) is 31.2 Å². The van der Waals surface area contributed by atoms with E-state index in [-0.39, 0.29) is 0 Å². The van der Waals surface area contributed by atoms with Gasteiger partial charge >= 0.3 is 0 Å². The van der Waals surface area contributed by atoms with Gasteiger partial charge in [-0.25, -0.2) is 5.48 Å². The van der Waals surface area contributed by atoms with Gasteiger partial charge in [0.15, 0.2) is 11.5 Å². The lowest BCUT2D eigenvalue weighted by Crippen LogP contribution is -2.22. The Morgan fingerprint density at radius 1 is 1.20 bits per heavy atom. The van der Waals surface area contributed by atoms with Crippen LogP contribution in [-0.4, -0.2) is 18.2 Å². The van der Waals surface area contributed by atoms with Crippen molar-refractivity contribution < 1.29 is 14.3 Å². The van der Waals surface area contributed by atoms with Crippen molar-refractivity contribution in [2.24, 2.45) is 0 Å². The Labute approximate surface area is 117 Å². The molecule has 2 aromatic rings. The van der Waals surface area contributed by atoms with Gasteiger partial charge in [-0.3, -0.25) is 4.98 Å². The highest BCUT2D eigenvalue weighted by atomic mass is 16.7. The fourth-order valence-corrected chi connectivity index (χ4v) is 2.06. The maximum Gasteiger partial charge on any atom is 0.192 e. The van der Waals surface area contributed by atoms with Crippen molar-refractivity contribution in [1.29, 1.82) is 0 Å². The first-order valence-electron chi connectivity index (χ1n) is 6.48. The van der Waals surface area contributed by atoms with Gasteiger partial charge in [0.25, 0.3) is 0 Å². The van der Waals surface area contributed by atoms with Gasteiger partial charge in [-0.2, -0.15) is 0 Å². The lowest BCUT2D eigenvalue weighted by molar-refractivity contribution is -0.149. The molecule has 1 saturated heterocycles. The smallest absolute Gasteiger partial charge is 0.192 e. The van der Waals surface area contributed by atoms with Crippen molar-refractivity contribution in [3.05, 3.63) is 54.4 Å². The zero-order valence-electron chi connectivity index (χ0n) is 11.2. The summed E-state index contributed by atoms with van der Waals surface area (Å²) < 4.78 is 11.3. The number of hydrogen-bond acceptors (Lipinski definition) is 5. The number of benzene rings is 1. The first-order valence-corrected chi connectivity index (χ1v) is 6.48. The maximum atomic E-state index is 5.64. The van der Waals surface area contributed by atoms with Gasteiger partial charge in [-0.1, -0.05) is 12.1 Å². The third kappa shape index (κ3) is 2.74. The van der Waals surface area contributed by atoms with Crippen molar-refractivity contribution >= 4 is 5.69 Å². The van der Waals surface area contributed by atoms with Crippen molar-refractivity contribution in [3.63, 3.8) is 0 Å². The molecule has 1 aromatic carbocycles. The summed E-state index contributed by atoms with van der Waals surface area (Å²) in [5.41, 5.74) is 4.57. The highest BCUT2D eigenvalue weighted by Gasteiger charge is 2.33. The van der Waals surface area contributed by atoms with E-state index in [9.17, 15) is 0 Å². The molecule has 104 valence electrons. The van der Waals surface area contributed by atoms with Gasteiger partial charge in [0.1, 0.15) is 0 Å². The Bertz CT molecular complexity index is 568. The molecule has 0 bridgehead atoms. The van der Waals surface area contributed by atoms with Crippen LogP contribution in [-0.2, 0) is 15.3 Å². The second kappa shape index (κ2) is 5.48. The van der Waals surface area contributed by atoms with Crippen LogP contribution in [0.4, 0.5) is 5.69 Å². The molecule has 1 fully saturated rings. The van der Waals surface area contributed by atoms with E-state index >= 15 is 0 Å². The third-order valence-corrected chi connectivity index (χ3v) is 3.15. The van der Waals surface area contributed by atoms with Crippen LogP contribution in [0.15, 0.2) is 48.8 Å². The van der Waals surface area contributed by atoms with Crippen LogP contribution in [0.25, 0.3) is 0 Å². The standard InChI is InChI=1S/C15H16N2O3/c1-15(18-8-9-19-15)12-4-2-6-14(10-12)20-17-13-5-3-7-16-11-13/h2-7,10-11,17H,8-9H2,1H3. The van der Waals surface area contributed by atoms with Crippen molar-refractivity contribution in [2.75, 3.05) is 18.7 Å². The molecule has 5 nitrogen and oxygen atoms in total. The minimum atomic E-state index is -0.687. The Kier molecular flexibility index (Phi) is 3.54. The first-order chi connectivity index (χ1) is 9.76. The van der Waals surface area contributed by atoms with Crippen molar-refractivity contribution in [1.82, 2.24) is 4.98 Å². The fraction of sp³-hybridized carbons (Fsp3) is 0.267. The number of nitrogens with zero attached hydrogens (tertiary/aromatic N) is 1. The molecule has 0 spiro atoms. The Morgan fingerprint density at radius 3 is 2.80 bits per heavy atom. The summed E-state index contributed by atoms with van der Waals surface area (Å²) in [6.45, 7) is 3.12. The summed E-state index contributed by atoms with van der Waals surface area (Å²) in [4.78, 5) is 9.54. The Morgan fingerprint density at radius 2 is 2.05 bits per heavy atom. The summed E-state index contributed by atoms with van der Waals surface area (Å²) in [5.74, 6) is -0.0000939. The van der Waals surface area contributed by atoms with Gasteiger partial charge < -0.3 is 14.3 Å². The largest absolute Gasteiger partial charge is 0.382 e. The van der Waals surface area contributed by atoms with Gasteiger partial charge in [0.05, 0.1) is 25.1 Å². The molecule has 0 atom stereocenters. The number of rotatable bonds is 4. The number of aromatic nitrogens is 1. The van der Waals surface area contributed by atoms with Crippen LogP contribution in [0, 0.1) is 0 Å². The summed E-state index contributed by atoms with van der Waals surface area (Å²) in [6, 6.07) is 11.3. The minimum Gasteiger partial charge on any atom is -0.382 e. The average molecular weight is 272 g/mol. The predicted molar refractivity (Wildman–Crippen MR) is 74.2 cm³/mol. The molecule has 1 aliphatic heterocycles. The molecule has 5 heteroatoms. The Balaban J connectivity index is 1.71. The lowest BCUT2D eigenvalue weighted by atomic mass is 10.1. The normalized spacial score (nSPS) is 16.9. The molecular weight excluding hydrogens is 256 g/mol. The highest BCUT2D eigenvalue weighted by molar-refractivity contribution is 5.39. The van der Waals surface area contributed by atoms with Crippen LogP contribution >= 0.6 is 0 Å². The molecule has 1 aromatic heterocycles. The van der Waals surface area contributed by atoms with Crippen LogP contribution in [0.2, 0.25) is 0 Å². The first kappa shape index (κ1) is 12.9. The van der Waals surface area contributed by atoms with Gasteiger partial charge in [-0.15, -0.1) is 0 Å². The maximum absolute atomic E-state index is 5.64. The van der Waals surface area contributed by atoms with Gasteiger partial charge in [0, 0.05) is 11.8 Å². The van der Waals surface area contributed by atoms with Crippen LogP contribution in [0.1, 0.15) is 12.5 Å². The Hall–Kier alpha value is -2.11. The van der Waals surface area contributed by atoms with Gasteiger partial charge in [0.2, 0.25) is 0 Å². The summed E-state index contributed by atoms with van der Waals surface area (Å²) in [5, 5.41) is 0. The van der Waals surface area contributed by atoms with E-state index < -0.39 is 5.79 Å². The topological polar surface area (TPSA) is 52.6 Å². The van der Waals surface area contributed by atoms with E-state index in [1.165, 1.54) is 0 Å². The second-order valence-corrected chi connectivity index (χ2v) is 4.62. The average Bonchev–Trinajstić information content (AvgIpc) is 2.95. The summed E-state index contributed by atoms with van der Waals surface area (Å²) >= 11 is 0. The zero-order valence-corrected chi connectivity index (χ0v) is 11.2. The molecule has 0 saturated carbocycles. The molecule has 3 rings (SSSR count). The van der Waals surface area contributed by atoms with E-state index in [2.05, 4.69) is 10.5 Å². The third-order valence-electron chi connectivity index (χ3n) is 3.15. The number of hydrogen-bond donors (Lipinski definition) is 1. The van der Waals surface area contributed by atoms with E-state index in [1.807, 2.05) is 43.3 Å². The SMILES string of the molecule is CC1(c2cccc(ONc3cccnc3)c2)OCCO1. The number of ether oxygens (including phenoxy) is 2. The molecule has 0 amide bonds. The number of pyridine rings is 1. The lowest BCUT2D eigenvalue weighted by Gasteiger charge is -2.23. The molecular formula is C15H16N2O3. The highest BCUT2D eigenvalue weighted by Crippen LogP contribution is 2.32. The van der Waals surface area contributed by atoms with E-state index in [0.717, 1.165) is 11.3 Å². The predicted octanol–water partition coefficient (Wildman–Crippen LogP) is 2.71. The van der Waals surface area contributed by atoms with Crippen molar-refractivity contribution in [2.45, 2.75) is 12.7 Å². The molecule has 0 aliphatic carbocycles. The molecule has 1 N–H and O–H groups in total. The molecule has 20 heavy (non-hydrogen) atoms. The zero-order chi connectivity index (χ0) is 13.8. The minimum absolute atomic E-state index is 0.607. The monoisotopic (exact) mass is 272 g/mol. The molecule has 2 heterocycles. The van der Waals surface area contributed by atoms with Crippen LogP contribution in [0.3, 0.4) is 0 Å². The van der Waals surface area contributed by atoms with Crippen LogP contribution < -0.4 is 10.3 Å². The van der Waals surface area contributed by atoms with Crippen molar-refractivity contribution in [3.8, 4) is 5.75 Å².